The van der Waals surface area contributed by atoms with Gasteiger partial charge in [0.1, 0.15) is 11.6 Å². The third-order valence-corrected chi connectivity index (χ3v) is 4.87. The summed E-state index contributed by atoms with van der Waals surface area (Å²) in [6, 6.07) is 1.86. The molecule has 0 unspecified atom stereocenters. The number of halogens is 2. The van der Waals surface area contributed by atoms with Crippen LogP contribution in [-0.2, 0) is 10.0 Å². The van der Waals surface area contributed by atoms with Gasteiger partial charge in [0.2, 0.25) is 10.0 Å². The highest BCUT2D eigenvalue weighted by Crippen LogP contribution is 2.21. The van der Waals surface area contributed by atoms with Crippen LogP contribution < -0.4 is 10.0 Å². The summed E-state index contributed by atoms with van der Waals surface area (Å²) in [6.45, 7) is 2.99. The van der Waals surface area contributed by atoms with Crippen LogP contribution in [0.2, 0.25) is 0 Å². The van der Waals surface area contributed by atoms with E-state index in [1.807, 2.05) is 0 Å². The number of rotatable bonds is 4. The van der Waals surface area contributed by atoms with Crippen LogP contribution in [-0.4, -0.2) is 27.3 Å². The molecule has 1 aromatic carbocycles. The summed E-state index contributed by atoms with van der Waals surface area (Å²) < 4.78 is 53.1. The van der Waals surface area contributed by atoms with E-state index < -0.39 is 21.7 Å². The Labute approximate surface area is 117 Å². The molecule has 1 fully saturated rings. The zero-order chi connectivity index (χ0) is 14.8. The van der Waals surface area contributed by atoms with Crippen LogP contribution in [0.3, 0.4) is 0 Å². The molecule has 1 aliphatic heterocycles. The van der Waals surface area contributed by atoms with Crippen molar-refractivity contribution in [2.24, 2.45) is 5.92 Å². The van der Waals surface area contributed by atoms with Crippen molar-refractivity contribution in [3.8, 4) is 0 Å². The maximum Gasteiger partial charge on any atom is 0.233 e. The molecule has 1 heterocycles. The SMILES string of the molecule is Cc1cc(F)c(NS(=O)(=O)CC2CCNCC2)cc1F. The zero-order valence-electron chi connectivity index (χ0n) is 11.2. The van der Waals surface area contributed by atoms with Crippen molar-refractivity contribution < 1.29 is 17.2 Å². The summed E-state index contributed by atoms with van der Waals surface area (Å²) in [6.07, 6.45) is 1.54. The Morgan fingerprint density at radius 2 is 1.90 bits per heavy atom. The molecule has 112 valence electrons. The molecular formula is C13H18F2N2O2S. The smallest absolute Gasteiger partial charge is 0.233 e. The van der Waals surface area contributed by atoms with E-state index >= 15 is 0 Å². The monoisotopic (exact) mass is 304 g/mol. The van der Waals surface area contributed by atoms with Crippen LogP contribution in [0.15, 0.2) is 12.1 Å². The van der Waals surface area contributed by atoms with E-state index in [2.05, 4.69) is 10.0 Å². The van der Waals surface area contributed by atoms with Gasteiger partial charge in [0, 0.05) is 6.07 Å². The number of sulfonamides is 1. The first-order valence-electron chi connectivity index (χ1n) is 6.54. The lowest BCUT2D eigenvalue weighted by Crippen LogP contribution is -2.33. The van der Waals surface area contributed by atoms with Crippen LogP contribution in [0.1, 0.15) is 18.4 Å². The van der Waals surface area contributed by atoms with Crippen molar-refractivity contribution in [1.29, 1.82) is 0 Å². The molecule has 1 aromatic rings. The minimum atomic E-state index is -3.67. The van der Waals surface area contributed by atoms with E-state index in [1.54, 1.807) is 0 Å². The minimum Gasteiger partial charge on any atom is -0.317 e. The van der Waals surface area contributed by atoms with Gasteiger partial charge < -0.3 is 5.32 Å². The number of anilines is 1. The number of nitrogens with one attached hydrogen (secondary N) is 2. The third kappa shape index (κ3) is 3.89. The summed E-state index contributed by atoms with van der Waals surface area (Å²) in [7, 11) is -3.67. The summed E-state index contributed by atoms with van der Waals surface area (Å²) >= 11 is 0. The fourth-order valence-corrected chi connectivity index (χ4v) is 3.82. The normalized spacial score (nSPS) is 17.1. The Morgan fingerprint density at radius 3 is 2.55 bits per heavy atom. The second-order valence-corrected chi connectivity index (χ2v) is 6.93. The Bertz CT molecular complexity index is 584. The molecule has 20 heavy (non-hydrogen) atoms. The predicted octanol–water partition coefficient (Wildman–Crippen LogP) is 2.01. The average molecular weight is 304 g/mol. The molecule has 0 amide bonds. The molecule has 0 aromatic heterocycles. The molecule has 0 radical (unpaired) electrons. The molecule has 2 N–H and O–H groups in total. The number of benzene rings is 1. The minimum absolute atomic E-state index is 0.0482. The van der Waals surface area contributed by atoms with Gasteiger partial charge in [-0.1, -0.05) is 0 Å². The second kappa shape index (κ2) is 6.05. The Morgan fingerprint density at radius 1 is 1.25 bits per heavy atom. The Kier molecular flexibility index (Phi) is 4.59. The van der Waals surface area contributed by atoms with Gasteiger partial charge in [0.15, 0.2) is 0 Å². The van der Waals surface area contributed by atoms with Crippen molar-refractivity contribution in [3.63, 3.8) is 0 Å². The predicted molar refractivity (Wildman–Crippen MR) is 74.1 cm³/mol. The largest absolute Gasteiger partial charge is 0.317 e. The maximum absolute atomic E-state index is 13.6. The number of hydrogen-bond donors (Lipinski definition) is 2. The quantitative estimate of drug-likeness (QED) is 0.894. The number of piperidine rings is 1. The first-order valence-corrected chi connectivity index (χ1v) is 8.19. The van der Waals surface area contributed by atoms with Crippen LogP contribution >= 0.6 is 0 Å². The van der Waals surface area contributed by atoms with Gasteiger partial charge in [-0.05, 0) is 50.4 Å². The molecule has 4 nitrogen and oxygen atoms in total. The van der Waals surface area contributed by atoms with E-state index in [1.165, 1.54) is 6.92 Å². The van der Waals surface area contributed by atoms with Crippen LogP contribution in [0.25, 0.3) is 0 Å². The summed E-state index contributed by atoms with van der Waals surface area (Å²) in [4.78, 5) is 0. The zero-order valence-corrected chi connectivity index (χ0v) is 12.1. The van der Waals surface area contributed by atoms with Crippen molar-refractivity contribution in [3.05, 3.63) is 29.3 Å². The lowest BCUT2D eigenvalue weighted by molar-refractivity contribution is 0.402. The molecule has 1 aliphatic rings. The van der Waals surface area contributed by atoms with Gasteiger partial charge in [-0.15, -0.1) is 0 Å². The number of hydrogen-bond acceptors (Lipinski definition) is 3. The molecule has 0 bridgehead atoms. The summed E-state index contributed by atoms with van der Waals surface area (Å²) in [5.74, 6) is -1.42. The molecule has 0 aliphatic carbocycles. The molecule has 0 saturated carbocycles. The highest BCUT2D eigenvalue weighted by molar-refractivity contribution is 7.92. The van der Waals surface area contributed by atoms with Crippen molar-refractivity contribution in [1.82, 2.24) is 5.32 Å². The van der Waals surface area contributed by atoms with E-state index in [9.17, 15) is 17.2 Å². The lowest BCUT2D eigenvalue weighted by Gasteiger charge is -2.22. The first kappa shape index (κ1) is 15.2. The van der Waals surface area contributed by atoms with Gasteiger partial charge in [-0.25, -0.2) is 17.2 Å². The molecule has 7 heteroatoms. The molecule has 2 rings (SSSR count). The van der Waals surface area contributed by atoms with Gasteiger partial charge in [-0.2, -0.15) is 0 Å². The lowest BCUT2D eigenvalue weighted by atomic mass is 10.0. The van der Waals surface area contributed by atoms with Crippen molar-refractivity contribution in [2.75, 3.05) is 23.6 Å². The molecule has 1 saturated heterocycles. The highest BCUT2D eigenvalue weighted by atomic mass is 32.2. The van der Waals surface area contributed by atoms with Crippen LogP contribution in [0, 0.1) is 24.5 Å². The van der Waals surface area contributed by atoms with E-state index in [4.69, 9.17) is 0 Å². The van der Waals surface area contributed by atoms with E-state index in [0.717, 1.165) is 38.1 Å². The fourth-order valence-electron chi connectivity index (χ4n) is 2.29. The summed E-state index contributed by atoms with van der Waals surface area (Å²) in [5.41, 5.74) is -0.189. The summed E-state index contributed by atoms with van der Waals surface area (Å²) in [5, 5.41) is 3.15. The fraction of sp³-hybridized carbons (Fsp3) is 0.538. The van der Waals surface area contributed by atoms with Gasteiger partial charge in [0.05, 0.1) is 11.4 Å². The molecule has 0 spiro atoms. The Hall–Kier alpha value is -1.21. The third-order valence-electron chi connectivity index (χ3n) is 3.43. The van der Waals surface area contributed by atoms with E-state index in [-0.39, 0.29) is 22.9 Å². The average Bonchev–Trinajstić information content (AvgIpc) is 2.36. The standard InChI is InChI=1S/C13H18F2N2O2S/c1-9-6-12(15)13(7-11(9)14)17-20(18,19)8-10-2-4-16-5-3-10/h6-7,10,16-17H,2-5,8H2,1H3. The topological polar surface area (TPSA) is 58.2 Å². The highest BCUT2D eigenvalue weighted by Gasteiger charge is 2.22. The van der Waals surface area contributed by atoms with Crippen LogP contribution in [0.4, 0.5) is 14.5 Å². The molecule has 0 atom stereocenters. The first-order chi connectivity index (χ1) is 9.37. The van der Waals surface area contributed by atoms with Crippen LogP contribution in [0.5, 0.6) is 0 Å². The van der Waals surface area contributed by atoms with Gasteiger partial charge in [0.25, 0.3) is 0 Å². The maximum atomic E-state index is 13.6. The second-order valence-electron chi connectivity index (χ2n) is 5.16. The number of aryl methyl sites for hydroxylation is 1. The Balaban J connectivity index is 2.09. The van der Waals surface area contributed by atoms with Gasteiger partial charge in [-0.3, -0.25) is 4.72 Å². The van der Waals surface area contributed by atoms with Gasteiger partial charge >= 0.3 is 0 Å². The molecular weight excluding hydrogens is 286 g/mol. The van der Waals surface area contributed by atoms with Crippen molar-refractivity contribution >= 4 is 15.7 Å². The van der Waals surface area contributed by atoms with Crippen molar-refractivity contribution in [2.45, 2.75) is 19.8 Å². The van der Waals surface area contributed by atoms with E-state index in [0.29, 0.717) is 0 Å².